The van der Waals surface area contributed by atoms with E-state index in [1.807, 2.05) is 0 Å². The summed E-state index contributed by atoms with van der Waals surface area (Å²) >= 11 is 0. The highest BCUT2D eigenvalue weighted by molar-refractivity contribution is 5.72. The highest BCUT2D eigenvalue weighted by Crippen LogP contribution is 2.27. The zero-order chi connectivity index (χ0) is 14.3. The van der Waals surface area contributed by atoms with Crippen LogP contribution < -0.4 is 5.56 Å². The Morgan fingerprint density at radius 3 is 2.85 bits per heavy atom. The van der Waals surface area contributed by atoms with Gasteiger partial charge in [0.1, 0.15) is 5.52 Å². The third-order valence-corrected chi connectivity index (χ3v) is 3.15. The van der Waals surface area contributed by atoms with Gasteiger partial charge in [-0.15, -0.1) is 0 Å². The monoisotopic (exact) mass is 288 g/mol. The SMILES string of the molecule is O=c1[nH]c(C(F)(F)F)nc2cnn(C3CCCCO3)c12. The summed E-state index contributed by atoms with van der Waals surface area (Å²) in [6, 6.07) is 0. The van der Waals surface area contributed by atoms with Crippen LogP contribution in [0.5, 0.6) is 0 Å². The number of hydrogen-bond acceptors (Lipinski definition) is 4. The Bertz CT molecular complexity index is 685. The lowest BCUT2D eigenvalue weighted by molar-refractivity contribution is -0.144. The zero-order valence-electron chi connectivity index (χ0n) is 10.3. The number of hydrogen-bond donors (Lipinski definition) is 1. The summed E-state index contributed by atoms with van der Waals surface area (Å²) in [4.78, 5) is 17.0. The molecule has 2 aromatic heterocycles. The molecule has 1 N–H and O–H groups in total. The largest absolute Gasteiger partial charge is 0.449 e. The van der Waals surface area contributed by atoms with Crippen molar-refractivity contribution in [2.24, 2.45) is 0 Å². The second kappa shape index (κ2) is 4.58. The van der Waals surface area contributed by atoms with E-state index in [9.17, 15) is 18.0 Å². The first-order chi connectivity index (χ1) is 9.47. The normalized spacial score (nSPS) is 20.4. The Morgan fingerprint density at radius 2 is 2.20 bits per heavy atom. The minimum absolute atomic E-state index is 0.00454. The van der Waals surface area contributed by atoms with Crippen LogP contribution in [0.25, 0.3) is 11.0 Å². The first-order valence-corrected chi connectivity index (χ1v) is 6.13. The molecule has 0 spiro atoms. The van der Waals surface area contributed by atoms with Gasteiger partial charge >= 0.3 is 6.18 Å². The maximum atomic E-state index is 12.6. The molecule has 108 valence electrons. The van der Waals surface area contributed by atoms with E-state index in [1.165, 1.54) is 4.68 Å². The molecule has 9 heteroatoms. The Kier molecular flexibility index (Phi) is 3.00. The van der Waals surface area contributed by atoms with Gasteiger partial charge < -0.3 is 9.72 Å². The molecule has 1 saturated heterocycles. The number of aromatic nitrogens is 4. The molecule has 1 fully saturated rings. The van der Waals surface area contributed by atoms with Gasteiger partial charge in [0.2, 0.25) is 5.82 Å². The number of ether oxygens (including phenoxy) is 1. The third kappa shape index (κ3) is 2.17. The van der Waals surface area contributed by atoms with E-state index >= 15 is 0 Å². The third-order valence-electron chi connectivity index (χ3n) is 3.15. The number of nitrogens with one attached hydrogen (secondary N) is 1. The number of rotatable bonds is 1. The molecule has 0 amide bonds. The fourth-order valence-electron chi connectivity index (χ4n) is 2.24. The van der Waals surface area contributed by atoms with E-state index in [0.717, 1.165) is 19.0 Å². The van der Waals surface area contributed by atoms with Crippen molar-refractivity contribution >= 4 is 11.0 Å². The molecule has 6 nitrogen and oxygen atoms in total. The first-order valence-electron chi connectivity index (χ1n) is 6.13. The van der Waals surface area contributed by atoms with E-state index in [0.29, 0.717) is 13.0 Å². The molecule has 2 aromatic rings. The van der Waals surface area contributed by atoms with Gasteiger partial charge in [-0.1, -0.05) is 0 Å². The summed E-state index contributed by atoms with van der Waals surface area (Å²) in [5.74, 6) is -1.32. The molecule has 0 saturated carbocycles. The summed E-state index contributed by atoms with van der Waals surface area (Å²) < 4.78 is 44.5. The maximum Gasteiger partial charge on any atom is 0.449 e. The number of aromatic amines is 1. The van der Waals surface area contributed by atoms with Crippen LogP contribution in [0.2, 0.25) is 0 Å². The lowest BCUT2D eigenvalue weighted by Crippen LogP contribution is -2.24. The molecule has 0 aliphatic carbocycles. The zero-order valence-corrected chi connectivity index (χ0v) is 10.3. The summed E-state index contributed by atoms with van der Waals surface area (Å²) in [7, 11) is 0. The minimum atomic E-state index is -4.70. The molecular formula is C11H11F3N4O2. The van der Waals surface area contributed by atoms with Crippen molar-refractivity contribution in [2.45, 2.75) is 31.7 Å². The van der Waals surface area contributed by atoms with Crippen molar-refractivity contribution in [1.82, 2.24) is 19.7 Å². The summed E-state index contributed by atoms with van der Waals surface area (Å²) in [5.41, 5.74) is -0.950. The van der Waals surface area contributed by atoms with E-state index in [2.05, 4.69) is 10.1 Å². The Morgan fingerprint density at radius 1 is 1.40 bits per heavy atom. The quantitative estimate of drug-likeness (QED) is 0.869. The van der Waals surface area contributed by atoms with Crippen molar-refractivity contribution in [1.29, 1.82) is 0 Å². The van der Waals surface area contributed by atoms with Crippen molar-refractivity contribution < 1.29 is 17.9 Å². The molecule has 3 heterocycles. The standard InChI is InChI=1S/C11H11F3N4O2/c12-11(13,14)10-16-6-5-15-18(8(6)9(19)17-10)7-3-1-2-4-20-7/h5,7H,1-4H2,(H,16,17,19). The predicted molar refractivity (Wildman–Crippen MR) is 62.0 cm³/mol. The summed E-state index contributed by atoms with van der Waals surface area (Å²) in [5, 5.41) is 3.94. The predicted octanol–water partition coefficient (Wildman–Crippen LogP) is 1.84. The van der Waals surface area contributed by atoms with Crippen LogP contribution in [0.3, 0.4) is 0 Å². The van der Waals surface area contributed by atoms with Crippen LogP contribution >= 0.6 is 0 Å². The average Bonchev–Trinajstić information content (AvgIpc) is 2.83. The lowest BCUT2D eigenvalue weighted by Gasteiger charge is -2.23. The van der Waals surface area contributed by atoms with Crippen LogP contribution in [0.4, 0.5) is 13.2 Å². The van der Waals surface area contributed by atoms with Crippen LogP contribution in [0.15, 0.2) is 11.0 Å². The number of H-pyrrole nitrogens is 1. The van der Waals surface area contributed by atoms with Gasteiger partial charge in [0.25, 0.3) is 5.56 Å². The van der Waals surface area contributed by atoms with Crippen molar-refractivity contribution in [3.8, 4) is 0 Å². The average molecular weight is 288 g/mol. The topological polar surface area (TPSA) is 72.8 Å². The van der Waals surface area contributed by atoms with E-state index < -0.39 is 23.8 Å². The number of halogens is 3. The van der Waals surface area contributed by atoms with Crippen LogP contribution in [-0.4, -0.2) is 26.4 Å². The molecule has 0 bridgehead atoms. The van der Waals surface area contributed by atoms with Crippen molar-refractivity contribution in [3.05, 3.63) is 22.4 Å². The van der Waals surface area contributed by atoms with Crippen LogP contribution in [-0.2, 0) is 10.9 Å². The van der Waals surface area contributed by atoms with Gasteiger partial charge in [0.15, 0.2) is 11.7 Å². The van der Waals surface area contributed by atoms with Gasteiger partial charge in [-0.3, -0.25) is 4.79 Å². The second-order valence-corrected chi connectivity index (χ2v) is 4.56. The van der Waals surface area contributed by atoms with Gasteiger partial charge in [0.05, 0.1) is 6.20 Å². The molecule has 1 aliphatic heterocycles. The van der Waals surface area contributed by atoms with Gasteiger partial charge in [-0.25, -0.2) is 9.67 Å². The smallest absolute Gasteiger partial charge is 0.356 e. The van der Waals surface area contributed by atoms with Gasteiger partial charge in [0, 0.05) is 6.61 Å². The molecule has 1 atom stereocenters. The van der Waals surface area contributed by atoms with Gasteiger partial charge in [-0.05, 0) is 19.3 Å². The summed E-state index contributed by atoms with van der Waals surface area (Å²) in [6.45, 7) is 0.540. The van der Waals surface area contributed by atoms with Crippen molar-refractivity contribution in [3.63, 3.8) is 0 Å². The van der Waals surface area contributed by atoms with Gasteiger partial charge in [-0.2, -0.15) is 18.3 Å². The van der Waals surface area contributed by atoms with Crippen LogP contribution in [0.1, 0.15) is 31.3 Å². The summed E-state index contributed by atoms with van der Waals surface area (Å²) in [6.07, 6.45) is -1.48. The molecule has 1 unspecified atom stereocenters. The van der Waals surface area contributed by atoms with Crippen molar-refractivity contribution in [2.75, 3.05) is 6.61 Å². The fraction of sp³-hybridized carbons (Fsp3) is 0.545. The Labute approximate surface area is 110 Å². The second-order valence-electron chi connectivity index (χ2n) is 4.56. The number of fused-ring (bicyclic) bond motifs is 1. The molecule has 0 radical (unpaired) electrons. The maximum absolute atomic E-state index is 12.6. The molecule has 0 aromatic carbocycles. The Hall–Kier alpha value is -1.90. The molecular weight excluding hydrogens is 277 g/mol. The lowest BCUT2D eigenvalue weighted by atomic mass is 10.2. The fourth-order valence-corrected chi connectivity index (χ4v) is 2.24. The molecule has 3 rings (SSSR count). The van der Waals surface area contributed by atoms with E-state index in [1.54, 1.807) is 4.98 Å². The number of nitrogens with zero attached hydrogens (tertiary/aromatic N) is 3. The van der Waals surface area contributed by atoms with E-state index in [4.69, 9.17) is 4.74 Å². The minimum Gasteiger partial charge on any atom is -0.356 e. The molecule has 20 heavy (non-hydrogen) atoms. The highest BCUT2D eigenvalue weighted by Gasteiger charge is 2.35. The van der Waals surface area contributed by atoms with Crippen LogP contribution in [0, 0.1) is 0 Å². The first kappa shape index (κ1) is 13.1. The van der Waals surface area contributed by atoms with E-state index in [-0.39, 0.29) is 11.0 Å². The number of alkyl halides is 3. The molecule has 1 aliphatic rings. The highest BCUT2D eigenvalue weighted by atomic mass is 19.4. The Balaban J connectivity index is 2.11.